The molecule has 2 N–H and O–H groups in total. The molecule has 3 nitrogen and oxygen atoms in total. The van der Waals surface area contributed by atoms with Crippen LogP contribution in [0.1, 0.15) is 36.5 Å². The van der Waals surface area contributed by atoms with Crippen LogP contribution in [-0.2, 0) is 11.2 Å². The fraction of sp³-hybridized carbons (Fsp3) is 0.588. The average Bonchev–Trinajstić information content (AvgIpc) is 2.43. The van der Waals surface area contributed by atoms with E-state index >= 15 is 0 Å². The van der Waals surface area contributed by atoms with Gasteiger partial charge >= 0.3 is 0 Å². The van der Waals surface area contributed by atoms with Gasteiger partial charge in [-0.15, -0.1) is 0 Å². The highest BCUT2D eigenvalue weighted by Gasteiger charge is 2.22. The SMILES string of the molecule is Cc1ccc(CC(C)NC(=O)C2CCNCC2)c(C)c1. The molecule has 2 rings (SSSR count). The maximum Gasteiger partial charge on any atom is 0.223 e. The van der Waals surface area contributed by atoms with E-state index in [0.29, 0.717) is 0 Å². The lowest BCUT2D eigenvalue weighted by Gasteiger charge is -2.24. The third-order valence-corrected chi connectivity index (χ3v) is 4.12. The molecular formula is C17H26N2O. The van der Waals surface area contributed by atoms with Gasteiger partial charge in [0.25, 0.3) is 0 Å². The zero-order valence-electron chi connectivity index (χ0n) is 12.8. The van der Waals surface area contributed by atoms with Crippen LogP contribution in [0.15, 0.2) is 18.2 Å². The van der Waals surface area contributed by atoms with Crippen molar-refractivity contribution in [3.05, 3.63) is 34.9 Å². The van der Waals surface area contributed by atoms with Gasteiger partial charge in [0, 0.05) is 12.0 Å². The van der Waals surface area contributed by atoms with Gasteiger partial charge in [-0.3, -0.25) is 4.79 Å². The van der Waals surface area contributed by atoms with Gasteiger partial charge < -0.3 is 10.6 Å². The van der Waals surface area contributed by atoms with Crippen LogP contribution in [0, 0.1) is 19.8 Å². The Morgan fingerprint density at radius 2 is 2.05 bits per heavy atom. The zero-order valence-corrected chi connectivity index (χ0v) is 12.8. The molecule has 1 aliphatic rings. The summed E-state index contributed by atoms with van der Waals surface area (Å²) in [5.41, 5.74) is 3.93. The summed E-state index contributed by atoms with van der Waals surface area (Å²) in [4.78, 5) is 12.2. The molecule has 0 radical (unpaired) electrons. The topological polar surface area (TPSA) is 41.1 Å². The number of piperidine rings is 1. The van der Waals surface area contributed by atoms with E-state index in [-0.39, 0.29) is 17.9 Å². The van der Waals surface area contributed by atoms with Crippen molar-refractivity contribution in [2.24, 2.45) is 5.92 Å². The molecule has 1 amide bonds. The molecule has 0 saturated carbocycles. The minimum Gasteiger partial charge on any atom is -0.353 e. The highest BCUT2D eigenvalue weighted by atomic mass is 16.1. The van der Waals surface area contributed by atoms with Gasteiger partial charge in [0.1, 0.15) is 0 Å². The van der Waals surface area contributed by atoms with Crippen LogP contribution in [-0.4, -0.2) is 25.0 Å². The van der Waals surface area contributed by atoms with Gasteiger partial charge in [0.05, 0.1) is 0 Å². The van der Waals surface area contributed by atoms with Crippen molar-refractivity contribution in [3.8, 4) is 0 Å². The summed E-state index contributed by atoms with van der Waals surface area (Å²) in [7, 11) is 0. The van der Waals surface area contributed by atoms with Crippen LogP contribution < -0.4 is 10.6 Å². The van der Waals surface area contributed by atoms with Crippen LogP contribution in [0.25, 0.3) is 0 Å². The Morgan fingerprint density at radius 3 is 2.70 bits per heavy atom. The lowest BCUT2D eigenvalue weighted by atomic mass is 9.96. The normalized spacial score (nSPS) is 17.8. The Bertz CT molecular complexity index is 464. The van der Waals surface area contributed by atoms with Gasteiger partial charge in [-0.1, -0.05) is 23.8 Å². The highest BCUT2D eigenvalue weighted by Crippen LogP contribution is 2.15. The van der Waals surface area contributed by atoms with E-state index in [9.17, 15) is 4.79 Å². The van der Waals surface area contributed by atoms with Gasteiger partial charge in [0.15, 0.2) is 0 Å². The zero-order chi connectivity index (χ0) is 14.5. The molecule has 110 valence electrons. The standard InChI is InChI=1S/C17H26N2O/c1-12-4-5-16(13(2)10-12)11-14(3)19-17(20)15-6-8-18-9-7-15/h4-5,10,14-15,18H,6-9,11H2,1-3H3,(H,19,20). The number of hydrogen-bond acceptors (Lipinski definition) is 2. The lowest BCUT2D eigenvalue weighted by Crippen LogP contribution is -2.42. The first-order valence-electron chi connectivity index (χ1n) is 7.63. The number of benzene rings is 1. The van der Waals surface area contributed by atoms with E-state index in [0.717, 1.165) is 32.4 Å². The smallest absolute Gasteiger partial charge is 0.223 e. The predicted molar refractivity (Wildman–Crippen MR) is 82.8 cm³/mol. The van der Waals surface area contributed by atoms with Gasteiger partial charge in [-0.25, -0.2) is 0 Å². The number of carbonyl (C=O) groups excluding carboxylic acids is 1. The molecule has 1 unspecified atom stereocenters. The molecule has 0 bridgehead atoms. The molecule has 1 saturated heterocycles. The Balaban J connectivity index is 1.88. The third-order valence-electron chi connectivity index (χ3n) is 4.12. The summed E-state index contributed by atoms with van der Waals surface area (Å²) in [5.74, 6) is 0.418. The van der Waals surface area contributed by atoms with E-state index < -0.39 is 0 Å². The monoisotopic (exact) mass is 274 g/mol. The molecule has 0 aliphatic carbocycles. The minimum absolute atomic E-state index is 0.192. The molecule has 1 heterocycles. The van der Waals surface area contributed by atoms with Crippen molar-refractivity contribution in [2.75, 3.05) is 13.1 Å². The first-order chi connectivity index (χ1) is 9.56. The van der Waals surface area contributed by atoms with Crippen molar-refractivity contribution in [3.63, 3.8) is 0 Å². The molecule has 0 spiro atoms. The maximum absolute atomic E-state index is 12.2. The number of amides is 1. The first-order valence-corrected chi connectivity index (χ1v) is 7.63. The van der Waals surface area contributed by atoms with Crippen LogP contribution in [0.5, 0.6) is 0 Å². The molecule has 1 aliphatic heterocycles. The summed E-state index contributed by atoms with van der Waals surface area (Å²) < 4.78 is 0. The minimum atomic E-state index is 0.192. The summed E-state index contributed by atoms with van der Waals surface area (Å²) in [5, 5.41) is 6.47. The number of aryl methyl sites for hydroxylation is 2. The number of nitrogens with one attached hydrogen (secondary N) is 2. The number of hydrogen-bond donors (Lipinski definition) is 2. The summed E-state index contributed by atoms with van der Waals surface area (Å²) in [6.07, 6.45) is 2.83. The summed E-state index contributed by atoms with van der Waals surface area (Å²) in [6.45, 7) is 8.27. The van der Waals surface area contributed by atoms with Crippen LogP contribution in [0.3, 0.4) is 0 Å². The lowest BCUT2D eigenvalue weighted by molar-refractivity contribution is -0.126. The number of rotatable bonds is 4. The molecule has 1 fully saturated rings. The van der Waals surface area contributed by atoms with Crippen LogP contribution >= 0.6 is 0 Å². The molecule has 1 aromatic rings. The number of carbonyl (C=O) groups is 1. The fourth-order valence-corrected chi connectivity index (χ4v) is 2.90. The summed E-state index contributed by atoms with van der Waals surface area (Å²) >= 11 is 0. The van der Waals surface area contributed by atoms with Gasteiger partial charge in [-0.2, -0.15) is 0 Å². The summed E-state index contributed by atoms with van der Waals surface area (Å²) in [6, 6.07) is 6.72. The largest absolute Gasteiger partial charge is 0.353 e. The second kappa shape index (κ2) is 6.89. The average molecular weight is 274 g/mol. The van der Waals surface area contributed by atoms with E-state index in [4.69, 9.17) is 0 Å². The van der Waals surface area contributed by atoms with Crippen molar-refractivity contribution < 1.29 is 4.79 Å². The quantitative estimate of drug-likeness (QED) is 0.885. The van der Waals surface area contributed by atoms with Crippen molar-refractivity contribution >= 4 is 5.91 Å². The highest BCUT2D eigenvalue weighted by molar-refractivity contribution is 5.79. The molecular weight excluding hydrogens is 248 g/mol. The Morgan fingerprint density at radius 1 is 1.35 bits per heavy atom. The molecule has 3 heteroatoms. The second-order valence-electron chi connectivity index (χ2n) is 6.07. The second-order valence-corrected chi connectivity index (χ2v) is 6.07. The molecule has 20 heavy (non-hydrogen) atoms. The van der Waals surface area contributed by atoms with Gasteiger partial charge in [0.2, 0.25) is 5.91 Å². The van der Waals surface area contributed by atoms with E-state index in [1.54, 1.807) is 0 Å². The first kappa shape index (κ1) is 15.0. The Labute approximate surface area is 122 Å². The molecule has 1 aromatic carbocycles. The van der Waals surface area contributed by atoms with E-state index in [1.165, 1.54) is 16.7 Å². The molecule has 1 atom stereocenters. The van der Waals surface area contributed by atoms with Gasteiger partial charge in [-0.05, 0) is 64.3 Å². The predicted octanol–water partition coefficient (Wildman–Crippen LogP) is 2.35. The van der Waals surface area contributed by atoms with Crippen molar-refractivity contribution in [2.45, 2.75) is 46.1 Å². The fourth-order valence-electron chi connectivity index (χ4n) is 2.90. The van der Waals surface area contributed by atoms with Crippen molar-refractivity contribution in [1.29, 1.82) is 0 Å². The van der Waals surface area contributed by atoms with Crippen LogP contribution in [0.2, 0.25) is 0 Å². The third kappa shape index (κ3) is 4.07. The Kier molecular flexibility index (Phi) is 5.18. The van der Waals surface area contributed by atoms with Crippen molar-refractivity contribution in [1.82, 2.24) is 10.6 Å². The van der Waals surface area contributed by atoms with Crippen LogP contribution in [0.4, 0.5) is 0 Å². The Hall–Kier alpha value is -1.35. The van der Waals surface area contributed by atoms with E-state index in [2.05, 4.69) is 49.6 Å². The molecule has 0 aromatic heterocycles. The maximum atomic E-state index is 12.2. The van der Waals surface area contributed by atoms with E-state index in [1.807, 2.05) is 0 Å².